The maximum absolute atomic E-state index is 12.3. The van der Waals surface area contributed by atoms with Gasteiger partial charge in [0.1, 0.15) is 18.0 Å². The molecule has 3 saturated heterocycles. The smallest absolute Gasteiger partial charge is 0.410 e. The van der Waals surface area contributed by atoms with Gasteiger partial charge in [-0.3, -0.25) is 4.90 Å². The van der Waals surface area contributed by atoms with Crippen LogP contribution < -0.4 is 10.1 Å². The number of nitrogens with zero attached hydrogens (tertiary/aromatic N) is 3. The number of aromatic nitrogens is 1. The quantitative estimate of drug-likeness (QED) is 0.452. The first-order chi connectivity index (χ1) is 18.7. The third-order valence-electron chi connectivity index (χ3n) is 8.46. The first-order valence-electron chi connectivity index (χ1n) is 14.3. The minimum atomic E-state index is -0.451. The summed E-state index contributed by atoms with van der Waals surface area (Å²) in [7, 11) is 0. The van der Waals surface area contributed by atoms with Crippen molar-refractivity contribution >= 4 is 33.5 Å². The van der Waals surface area contributed by atoms with Crippen molar-refractivity contribution in [3.8, 4) is 5.75 Å². The van der Waals surface area contributed by atoms with E-state index in [9.17, 15) is 4.79 Å². The minimum absolute atomic E-state index is 0.200. The van der Waals surface area contributed by atoms with Crippen molar-refractivity contribution in [2.75, 3.05) is 44.7 Å². The van der Waals surface area contributed by atoms with Gasteiger partial charge in [0.05, 0.1) is 10.2 Å². The molecular formula is C30H39BrN4O4. The highest BCUT2D eigenvalue weighted by atomic mass is 79.9. The molecule has 2 aromatic rings. The predicted molar refractivity (Wildman–Crippen MR) is 154 cm³/mol. The second-order valence-electron chi connectivity index (χ2n) is 12.3. The largest absolute Gasteiger partial charge is 0.485 e. The van der Waals surface area contributed by atoms with Gasteiger partial charge in [0.2, 0.25) is 0 Å². The van der Waals surface area contributed by atoms with Crippen LogP contribution in [0.1, 0.15) is 75.0 Å². The monoisotopic (exact) mass is 598 g/mol. The van der Waals surface area contributed by atoms with Gasteiger partial charge in [-0.05, 0) is 117 Å². The molecule has 0 radical (unpaired) electrons. The number of anilines is 2. The van der Waals surface area contributed by atoms with Crippen LogP contribution >= 0.6 is 15.9 Å². The molecule has 5 heterocycles. The molecule has 1 aromatic carbocycles. The third kappa shape index (κ3) is 5.77. The number of carbonyl (C=O) groups excluding carboxylic acids is 1. The maximum atomic E-state index is 12.3. The Morgan fingerprint density at radius 3 is 2.56 bits per heavy atom. The van der Waals surface area contributed by atoms with Gasteiger partial charge in [-0.15, -0.1) is 0 Å². The summed E-state index contributed by atoms with van der Waals surface area (Å²) in [5.74, 6) is 2.72. The van der Waals surface area contributed by atoms with Crippen LogP contribution in [0.4, 0.5) is 16.3 Å². The molecule has 0 spiro atoms. The van der Waals surface area contributed by atoms with Crippen LogP contribution in [-0.4, -0.2) is 71.9 Å². The maximum Gasteiger partial charge on any atom is 0.410 e. The molecule has 8 nitrogen and oxygen atoms in total. The van der Waals surface area contributed by atoms with Crippen molar-refractivity contribution in [2.24, 2.45) is 0 Å². The summed E-state index contributed by atoms with van der Waals surface area (Å²) in [6.45, 7) is 11.5. The molecular weight excluding hydrogens is 560 g/mol. The summed E-state index contributed by atoms with van der Waals surface area (Å²) < 4.78 is 18.5. The Bertz CT molecular complexity index is 1210. The Morgan fingerprint density at radius 1 is 1.10 bits per heavy atom. The fraction of sp³-hybridized carbons (Fsp3) is 0.600. The van der Waals surface area contributed by atoms with Gasteiger partial charge >= 0.3 is 6.09 Å². The van der Waals surface area contributed by atoms with Crippen LogP contribution in [0.5, 0.6) is 5.75 Å². The SMILES string of the molecule is CC(C)(C)OC(=O)N1CC(N2CCC(c3cc(Br)c4c(c3)Nc3nccc(C5CCOCC5)c3CO4)CC2)C1. The molecule has 0 aliphatic carbocycles. The summed E-state index contributed by atoms with van der Waals surface area (Å²) in [5.41, 5.74) is 4.33. The topological polar surface area (TPSA) is 76.2 Å². The molecule has 0 unspecified atom stereocenters. The van der Waals surface area contributed by atoms with E-state index in [4.69, 9.17) is 19.2 Å². The van der Waals surface area contributed by atoms with E-state index in [1.807, 2.05) is 31.9 Å². The zero-order valence-electron chi connectivity index (χ0n) is 23.2. The number of carbonyl (C=O) groups is 1. The zero-order valence-corrected chi connectivity index (χ0v) is 24.8. The van der Waals surface area contributed by atoms with Crippen LogP contribution in [-0.2, 0) is 16.1 Å². The van der Waals surface area contributed by atoms with Crippen LogP contribution in [0.2, 0.25) is 0 Å². The number of hydrogen-bond acceptors (Lipinski definition) is 7. The molecule has 0 bridgehead atoms. The van der Waals surface area contributed by atoms with E-state index in [1.54, 1.807) is 0 Å². The number of rotatable bonds is 3. The second-order valence-corrected chi connectivity index (χ2v) is 13.1. The number of pyridine rings is 1. The van der Waals surface area contributed by atoms with Crippen molar-refractivity contribution in [2.45, 2.75) is 76.5 Å². The van der Waals surface area contributed by atoms with E-state index in [1.165, 1.54) is 11.1 Å². The highest BCUT2D eigenvalue weighted by molar-refractivity contribution is 9.10. The zero-order chi connectivity index (χ0) is 27.1. The molecule has 0 saturated carbocycles. The summed E-state index contributed by atoms with van der Waals surface area (Å²) in [6, 6.07) is 7.07. The number of amides is 1. The van der Waals surface area contributed by atoms with Gasteiger partial charge in [0.15, 0.2) is 5.75 Å². The summed E-state index contributed by atoms with van der Waals surface area (Å²) in [4.78, 5) is 21.4. The van der Waals surface area contributed by atoms with Crippen molar-refractivity contribution in [1.29, 1.82) is 0 Å². The van der Waals surface area contributed by atoms with Gasteiger partial charge in [-0.2, -0.15) is 0 Å². The molecule has 9 heteroatoms. The van der Waals surface area contributed by atoms with Crippen LogP contribution in [0, 0.1) is 0 Å². The number of likely N-dealkylation sites (tertiary alicyclic amines) is 2. The Hall–Kier alpha value is -2.36. The Balaban J connectivity index is 1.11. The fourth-order valence-electron chi connectivity index (χ4n) is 6.28. The van der Waals surface area contributed by atoms with E-state index < -0.39 is 5.60 Å². The summed E-state index contributed by atoms with van der Waals surface area (Å²) in [6.07, 6.45) is 5.98. The molecule has 1 amide bonds. The van der Waals surface area contributed by atoms with Gasteiger partial charge < -0.3 is 24.4 Å². The highest BCUT2D eigenvalue weighted by Gasteiger charge is 2.38. The molecule has 0 atom stereocenters. The molecule has 210 valence electrons. The Labute approximate surface area is 239 Å². The van der Waals surface area contributed by atoms with Crippen molar-refractivity contribution in [3.63, 3.8) is 0 Å². The Morgan fingerprint density at radius 2 is 1.85 bits per heavy atom. The second kappa shape index (κ2) is 10.9. The number of halogens is 1. The molecule has 39 heavy (non-hydrogen) atoms. The lowest BCUT2D eigenvalue weighted by Gasteiger charge is -2.47. The molecule has 3 fully saturated rings. The van der Waals surface area contributed by atoms with Gasteiger partial charge in [0.25, 0.3) is 0 Å². The third-order valence-corrected chi connectivity index (χ3v) is 9.05. The van der Waals surface area contributed by atoms with Crippen LogP contribution in [0.3, 0.4) is 0 Å². The van der Waals surface area contributed by atoms with Crippen LogP contribution in [0.25, 0.3) is 0 Å². The van der Waals surface area contributed by atoms with Gasteiger partial charge in [-0.25, -0.2) is 9.78 Å². The molecule has 6 rings (SSSR count). The van der Waals surface area contributed by atoms with Crippen molar-refractivity contribution in [1.82, 2.24) is 14.8 Å². The normalized spacial score (nSPS) is 21.2. The average molecular weight is 600 g/mol. The number of fused-ring (bicyclic) bond motifs is 2. The lowest BCUT2D eigenvalue weighted by atomic mass is 9.88. The predicted octanol–water partition coefficient (Wildman–Crippen LogP) is 6.17. The van der Waals surface area contributed by atoms with Gasteiger partial charge in [0, 0.05) is 44.1 Å². The first-order valence-corrected chi connectivity index (χ1v) is 15.1. The molecule has 1 aromatic heterocycles. The summed E-state index contributed by atoms with van der Waals surface area (Å²) in [5, 5.41) is 3.62. The molecule has 4 aliphatic heterocycles. The highest BCUT2D eigenvalue weighted by Crippen LogP contribution is 2.44. The standard InChI is InChI=1S/C30H39BrN4O4/c1-30(2,3)39-29(36)35-16-22(17-35)34-10-5-19(6-11-34)21-14-25(31)27-26(15-21)33-28-24(18-38-27)23(4-9-32-28)20-7-12-37-13-8-20/h4,9,14-15,19-20,22H,5-8,10-13,16-18H2,1-3H3,(H,32,33). The van der Waals surface area contributed by atoms with Crippen molar-refractivity contribution < 1.29 is 19.0 Å². The Kier molecular flexibility index (Phi) is 7.50. The van der Waals surface area contributed by atoms with Crippen molar-refractivity contribution in [3.05, 3.63) is 45.6 Å². The first kappa shape index (κ1) is 26.8. The average Bonchev–Trinajstić information content (AvgIpc) is 3.07. The van der Waals surface area contributed by atoms with E-state index >= 15 is 0 Å². The lowest BCUT2D eigenvalue weighted by molar-refractivity contribution is -0.0196. The molecule has 4 aliphatic rings. The number of nitrogens with one attached hydrogen (secondary N) is 1. The fourth-order valence-corrected chi connectivity index (χ4v) is 6.87. The minimum Gasteiger partial charge on any atom is -0.485 e. The van der Waals surface area contributed by atoms with E-state index in [2.05, 4.69) is 44.3 Å². The van der Waals surface area contributed by atoms with E-state index in [0.717, 1.165) is 92.4 Å². The van der Waals surface area contributed by atoms with E-state index in [0.29, 0.717) is 24.5 Å². The number of ether oxygens (including phenoxy) is 3. The number of benzene rings is 1. The summed E-state index contributed by atoms with van der Waals surface area (Å²) >= 11 is 3.81. The number of piperidine rings is 1. The number of hydrogen-bond donors (Lipinski definition) is 1. The van der Waals surface area contributed by atoms with Crippen LogP contribution in [0.15, 0.2) is 28.9 Å². The lowest BCUT2D eigenvalue weighted by Crippen LogP contribution is -2.62. The molecule has 1 N–H and O–H groups in total. The van der Waals surface area contributed by atoms with Gasteiger partial charge in [-0.1, -0.05) is 0 Å². The van der Waals surface area contributed by atoms with E-state index in [-0.39, 0.29) is 6.09 Å².